The Hall–Kier alpha value is -2.80. The molecule has 2 amide bonds. The number of hydrogen-bond acceptors (Lipinski definition) is 4. The van der Waals surface area contributed by atoms with Crippen LogP contribution in [0, 0.1) is 11.7 Å². The Kier molecular flexibility index (Phi) is 6.08. The van der Waals surface area contributed by atoms with Gasteiger partial charge in [0.05, 0.1) is 16.6 Å². The van der Waals surface area contributed by atoms with Gasteiger partial charge < -0.3 is 19.4 Å². The first-order valence-corrected chi connectivity index (χ1v) is 10.3. The van der Waals surface area contributed by atoms with Crippen molar-refractivity contribution < 1.29 is 18.7 Å². The minimum Gasteiger partial charge on any atom is -0.481 e. The fraction of sp³-hybridized carbons (Fsp3) is 0.364. The molecule has 6 nitrogen and oxygen atoms in total. The molecule has 30 heavy (non-hydrogen) atoms. The maximum atomic E-state index is 13.6. The Morgan fingerprint density at radius 3 is 2.33 bits per heavy atom. The first kappa shape index (κ1) is 20.5. The van der Waals surface area contributed by atoms with Gasteiger partial charge in [0.15, 0.2) is 18.2 Å². The van der Waals surface area contributed by atoms with E-state index >= 15 is 0 Å². The Bertz CT molecular complexity index is 927. The van der Waals surface area contributed by atoms with Gasteiger partial charge in [-0.05, 0) is 24.3 Å². The summed E-state index contributed by atoms with van der Waals surface area (Å²) < 4.78 is 18.8. The number of amides is 2. The zero-order valence-electron chi connectivity index (χ0n) is 16.5. The molecule has 0 unspecified atom stereocenters. The monoisotopic (exact) mass is 431 g/mol. The second-order valence-corrected chi connectivity index (χ2v) is 7.89. The molecule has 4 rings (SSSR count). The van der Waals surface area contributed by atoms with E-state index in [0.29, 0.717) is 31.2 Å². The van der Waals surface area contributed by atoms with Gasteiger partial charge in [-0.1, -0.05) is 35.9 Å². The van der Waals surface area contributed by atoms with Crippen LogP contribution in [-0.4, -0.2) is 67.5 Å². The molecule has 2 aromatic rings. The minimum atomic E-state index is -0.502. The molecule has 2 saturated heterocycles. The fourth-order valence-corrected chi connectivity index (χ4v) is 4.02. The van der Waals surface area contributed by atoms with Gasteiger partial charge >= 0.3 is 0 Å². The summed E-state index contributed by atoms with van der Waals surface area (Å²) in [5, 5.41) is 0.711. The third-order valence-electron chi connectivity index (χ3n) is 5.56. The second kappa shape index (κ2) is 8.92. The molecule has 2 fully saturated rings. The highest BCUT2D eigenvalue weighted by molar-refractivity contribution is 6.33. The van der Waals surface area contributed by atoms with E-state index in [1.165, 1.54) is 12.1 Å². The molecule has 2 heterocycles. The van der Waals surface area contributed by atoms with E-state index in [1.54, 1.807) is 17.0 Å². The Labute approximate surface area is 179 Å². The summed E-state index contributed by atoms with van der Waals surface area (Å²) in [5.41, 5.74) is 0.988. The molecule has 2 aliphatic heterocycles. The molecule has 0 aromatic heterocycles. The van der Waals surface area contributed by atoms with E-state index in [1.807, 2.05) is 29.2 Å². The van der Waals surface area contributed by atoms with Crippen LogP contribution in [0.5, 0.6) is 5.75 Å². The molecular weight excluding hydrogens is 409 g/mol. The highest BCUT2D eigenvalue weighted by atomic mass is 35.5. The number of anilines is 1. The lowest BCUT2D eigenvalue weighted by atomic mass is 9.98. The summed E-state index contributed by atoms with van der Waals surface area (Å²) in [7, 11) is 0. The van der Waals surface area contributed by atoms with Crippen molar-refractivity contribution in [1.82, 2.24) is 9.80 Å². The third kappa shape index (κ3) is 4.36. The van der Waals surface area contributed by atoms with Gasteiger partial charge in [0, 0.05) is 39.3 Å². The largest absolute Gasteiger partial charge is 0.481 e. The Morgan fingerprint density at radius 1 is 0.967 bits per heavy atom. The molecule has 0 spiro atoms. The van der Waals surface area contributed by atoms with Gasteiger partial charge in [0.2, 0.25) is 5.91 Å². The average Bonchev–Trinajstić information content (AvgIpc) is 2.72. The second-order valence-electron chi connectivity index (χ2n) is 7.48. The van der Waals surface area contributed by atoms with E-state index in [2.05, 4.69) is 4.90 Å². The molecule has 0 radical (unpaired) electrons. The van der Waals surface area contributed by atoms with Gasteiger partial charge in [0.1, 0.15) is 0 Å². The van der Waals surface area contributed by atoms with E-state index in [4.69, 9.17) is 16.3 Å². The number of ether oxygens (including phenoxy) is 1. The van der Waals surface area contributed by atoms with Crippen LogP contribution in [0.3, 0.4) is 0 Å². The topological polar surface area (TPSA) is 53.1 Å². The molecule has 0 N–H and O–H groups in total. The van der Waals surface area contributed by atoms with Gasteiger partial charge in [-0.15, -0.1) is 0 Å². The van der Waals surface area contributed by atoms with Crippen LogP contribution >= 0.6 is 11.6 Å². The zero-order chi connectivity index (χ0) is 21.1. The molecule has 2 aromatic carbocycles. The third-order valence-corrected chi connectivity index (χ3v) is 5.88. The molecule has 2 aliphatic rings. The predicted octanol–water partition coefficient (Wildman–Crippen LogP) is 2.67. The number of nitrogens with zero attached hydrogens (tertiary/aromatic N) is 3. The van der Waals surface area contributed by atoms with E-state index in [-0.39, 0.29) is 30.1 Å². The van der Waals surface area contributed by atoms with Crippen molar-refractivity contribution >= 4 is 29.1 Å². The summed E-state index contributed by atoms with van der Waals surface area (Å²) in [4.78, 5) is 30.6. The SMILES string of the molecule is O=C(COc1ccccc1F)N1CC(C(=O)N2CCN(c3ccccc3Cl)CC2)C1. The minimum absolute atomic E-state index is 0.0513. The summed E-state index contributed by atoms with van der Waals surface area (Å²) >= 11 is 6.27. The Balaban J connectivity index is 1.21. The van der Waals surface area contributed by atoms with Crippen LogP contribution in [0.15, 0.2) is 48.5 Å². The van der Waals surface area contributed by atoms with Gasteiger partial charge in [-0.3, -0.25) is 9.59 Å². The molecule has 8 heteroatoms. The van der Waals surface area contributed by atoms with Crippen molar-refractivity contribution in [3.05, 3.63) is 59.4 Å². The zero-order valence-corrected chi connectivity index (χ0v) is 17.2. The van der Waals surface area contributed by atoms with Crippen molar-refractivity contribution in [3.63, 3.8) is 0 Å². The summed E-state index contributed by atoms with van der Waals surface area (Å²) in [6, 6.07) is 13.7. The van der Waals surface area contributed by atoms with Gasteiger partial charge in [0.25, 0.3) is 5.91 Å². The van der Waals surface area contributed by atoms with Crippen molar-refractivity contribution in [3.8, 4) is 5.75 Å². The van der Waals surface area contributed by atoms with Crippen molar-refractivity contribution in [2.45, 2.75) is 0 Å². The summed E-state index contributed by atoms with van der Waals surface area (Å²) in [5.74, 6) is -0.804. The quantitative estimate of drug-likeness (QED) is 0.730. The maximum Gasteiger partial charge on any atom is 0.260 e. The van der Waals surface area contributed by atoms with Crippen LogP contribution in [0.4, 0.5) is 10.1 Å². The predicted molar refractivity (Wildman–Crippen MR) is 112 cm³/mol. The lowest BCUT2D eigenvalue weighted by molar-refractivity contribution is -0.149. The van der Waals surface area contributed by atoms with E-state index in [9.17, 15) is 14.0 Å². The number of benzene rings is 2. The summed E-state index contributed by atoms with van der Waals surface area (Å²) in [6.07, 6.45) is 0. The highest BCUT2D eigenvalue weighted by Crippen LogP contribution is 2.27. The van der Waals surface area contributed by atoms with E-state index < -0.39 is 5.82 Å². The molecule has 158 valence electrons. The maximum absolute atomic E-state index is 13.6. The number of likely N-dealkylation sites (tertiary alicyclic amines) is 1. The van der Waals surface area contributed by atoms with Crippen LogP contribution in [0.2, 0.25) is 5.02 Å². The number of hydrogen-bond donors (Lipinski definition) is 0. The smallest absolute Gasteiger partial charge is 0.260 e. The van der Waals surface area contributed by atoms with Crippen LogP contribution in [0.1, 0.15) is 0 Å². The lowest BCUT2D eigenvalue weighted by Gasteiger charge is -2.43. The first-order valence-electron chi connectivity index (χ1n) is 9.96. The number of carbonyl (C=O) groups is 2. The Morgan fingerprint density at radius 2 is 1.63 bits per heavy atom. The van der Waals surface area contributed by atoms with Crippen molar-refractivity contribution in [2.75, 3.05) is 50.8 Å². The van der Waals surface area contributed by atoms with Crippen LogP contribution in [-0.2, 0) is 9.59 Å². The number of halogens is 2. The number of rotatable bonds is 5. The molecular formula is C22H23ClFN3O3. The molecule has 0 saturated carbocycles. The summed E-state index contributed by atoms with van der Waals surface area (Å²) in [6.45, 7) is 3.23. The van der Waals surface area contributed by atoms with E-state index in [0.717, 1.165) is 18.8 Å². The van der Waals surface area contributed by atoms with Crippen molar-refractivity contribution in [1.29, 1.82) is 0 Å². The number of carbonyl (C=O) groups excluding carboxylic acids is 2. The van der Waals surface area contributed by atoms with Crippen molar-refractivity contribution in [2.24, 2.45) is 5.92 Å². The molecule has 0 bridgehead atoms. The van der Waals surface area contributed by atoms with Crippen LogP contribution < -0.4 is 9.64 Å². The fourth-order valence-electron chi connectivity index (χ4n) is 3.77. The standard InChI is InChI=1S/C22H23ClFN3O3/c23-17-5-1-3-7-19(17)25-9-11-26(12-10-25)22(29)16-13-27(14-16)21(28)15-30-20-8-4-2-6-18(20)24/h1-8,16H,9-15H2. The molecule has 0 atom stereocenters. The highest BCUT2D eigenvalue weighted by Gasteiger charge is 2.38. The number of para-hydroxylation sites is 2. The molecule has 0 aliphatic carbocycles. The van der Waals surface area contributed by atoms with Gasteiger partial charge in [-0.25, -0.2) is 4.39 Å². The van der Waals surface area contributed by atoms with Gasteiger partial charge in [-0.2, -0.15) is 0 Å². The lowest BCUT2D eigenvalue weighted by Crippen LogP contribution is -2.59. The average molecular weight is 432 g/mol. The van der Waals surface area contributed by atoms with Crippen LogP contribution in [0.25, 0.3) is 0 Å². The first-order chi connectivity index (χ1) is 14.5. The normalized spacial score (nSPS) is 16.9. The number of piperazine rings is 1.